The zero-order valence-electron chi connectivity index (χ0n) is 19.8. The number of alkyl carbamates (subject to hydrolysis) is 1. The first kappa shape index (κ1) is 25.2. The molecule has 0 spiro atoms. The van der Waals surface area contributed by atoms with Crippen molar-refractivity contribution in [3.8, 4) is 11.1 Å². The molecule has 1 atom stereocenters. The molecule has 0 radical (unpaired) electrons. The quantitative estimate of drug-likeness (QED) is 0.333. The van der Waals surface area contributed by atoms with Crippen molar-refractivity contribution in [2.24, 2.45) is 5.73 Å². The molecule has 1 amide bonds. The lowest BCUT2D eigenvalue weighted by Crippen LogP contribution is -2.43. The van der Waals surface area contributed by atoms with Crippen LogP contribution in [0.2, 0.25) is 0 Å². The number of carbonyl (C=O) groups is 3. The van der Waals surface area contributed by atoms with Crippen LogP contribution in [-0.4, -0.2) is 43.0 Å². The Morgan fingerprint density at radius 2 is 1.56 bits per heavy atom. The lowest BCUT2D eigenvalue weighted by Gasteiger charge is -2.21. The number of benzene rings is 2. The maximum absolute atomic E-state index is 12.6. The van der Waals surface area contributed by atoms with Crippen LogP contribution in [0.1, 0.15) is 57.1 Å². The zero-order valence-corrected chi connectivity index (χ0v) is 19.8. The smallest absolute Gasteiger partial charge is 0.449 e. The summed E-state index contributed by atoms with van der Waals surface area (Å²) in [5.74, 6) is -1.01. The first-order valence-corrected chi connectivity index (χ1v) is 11.5. The predicted octanol–water partition coefficient (Wildman–Crippen LogP) is 4.50. The maximum Gasteiger partial charge on any atom is 0.516 e. The summed E-state index contributed by atoms with van der Waals surface area (Å²) in [6.07, 6.45) is -0.406. The number of rotatable bonds is 8. The average Bonchev–Trinajstić information content (AvgIpc) is 3.09. The highest BCUT2D eigenvalue weighted by Gasteiger charge is 2.31. The summed E-state index contributed by atoms with van der Waals surface area (Å²) in [5, 5.41) is 2.53. The second-order valence-electron chi connectivity index (χ2n) is 9.19. The number of fused-ring (bicyclic) bond motifs is 3. The maximum atomic E-state index is 12.6. The first-order chi connectivity index (χ1) is 16.2. The van der Waals surface area contributed by atoms with Crippen molar-refractivity contribution in [1.82, 2.24) is 5.32 Å². The molecule has 0 heterocycles. The van der Waals surface area contributed by atoms with Crippen LogP contribution in [0, 0.1) is 0 Å². The van der Waals surface area contributed by atoms with E-state index in [1.54, 1.807) is 20.8 Å². The minimum absolute atomic E-state index is 0.108. The number of ether oxygens (including phenoxy) is 3. The number of carbonyl (C=O) groups excluding carboxylic acids is 3. The Morgan fingerprint density at radius 1 is 0.971 bits per heavy atom. The van der Waals surface area contributed by atoms with Gasteiger partial charge in [0.2, 0.25) is 0 Å². The number of nitrogens with one attached hydrogen (secondary N) is 1. The molecule has 0 saturated carbocycles. The predicted molar refractivity (Wildman–Crippen MR) is 127 cm³/mol. The topological polar surface area (TPSA) is 117 Å². The average molecular weight is 469 g/mol. The van der Waals surface area contributed by atoms with Gasteiger partial charge in [0.05, 0.1) is 0 Å². The third-order valence-corrected chi connectivity index (χ3v) is 5.44. The van der Waals surface area contributed by atoms with E-state index in [1.165, 1.54) is 0 Å². The molecular formula is C26H32N2O6. The molecule has 0 fully saturated rings. The highest BCUT2D eigenvalue weighted by atomic mass is 16.7. The van der Waals surface area contributed by atoms with Gasteiger partial charge >= 0.3 is 18.2 Å². The van der Waals surface area contributed by atoms with E-state index in [4.69, 9.17) is 19.9 Å². The minimum atomic E-state index is -1.12. The monoisotopic (exact) mass is 468 g/mol. The van der Waals surface area contributed by atoms with E-state index in [-0.39, 0.29) is 18.9 Å². The molecule has 2 aromatic carbocycles. The van der Waals surface area contributed by atoms with E-state index in [1.807, 2.05) is 48.5 Å². The molecule has 1 aliphatic rings. The molecule has 0 aromatic heterocycles. The van der Waals surface area contributed by atoms with Gasteiger partial charge in [-0.05, 0) is 68.8 Å². The fourth-order valence-corrected chi connectivity index (χ4v) is 3.95. The van der Waals surface area contributed by atoms with Crippen molar-refractivity contribution < 1.29 is 28.6 Å². The van der Waals surface area contributed by atoms with Crippen molar-refractivity contribution >= 4 is 18.2 Å². The molecule has 0 bridgehead atoms. The zero-order chi connectivity index (χ0) is 24.7. The number of unbranched alkanes of at least 4 members (excludes halogenated alkanes) is 1. The fourth-order valence-electron chi connectivity index (χ4n) is 3.95. The Labute approximate surface area is 199 Å². The molecule has 0 saturated heterocycles. The summed E-state index contributed by atoms with van der Waals surface area (Å²) in [6, 6.07) is 15.0. The molecule has 1 aliphatic carbocycles. The van der Waals surface area contributed by atoms with Gasteiger partial charge in [-0.25, -0.2) is 14.4 Å². The van der Waals surface area contributed by atoms with Gasteiger partial charge in [0.15, 0.2) is 0 Å². The number of esters is 1. The highest BCUT2D eigenvalue weighted by molar-refractivity contribution is 5.88. The lowest BCUT2D eigenvalue weighted by atomic mass is 9.98. The van der Waals surface area contributed by atoms with Gasteiger partial charge in [-0.3, -0.25) is 0 Å². The van der Waals surface area contributed by atoms with Crippen LogP contribution in [0.25, 0.3) is 11.1 Å². The molecule has 182 valence electrons. The number of hydrogen-bond acceptors (Lipinski definition) is 7. The van der Waals surface area contributed by atoms with Crippen molar-refractivity contribution in [3.05, 3.63) is 59.7 Å². The van der Waals surface area contributed by atoms with E-state index >= 15 is 0 Å². The van der Waals surface area contributed by atoms with Crippen LogP contribution >= 0.6 is 0 Å². The summed E-state index contributed by atoms with van der Waals surface area (Å²) >= 11 is 0. The Morgan fingerprint density at radius 3 is 2.12 bits per heavy atom. The van der Waals surface area contributed by atoms with Crippen molar-refractivity contribution in [3.63, 3.8) is 0 Å². The van der Waals surface area contributed by atoms with Gasteiger partial charge < -0.3 is 25.3 Å². The van der Waals surface area contributed by atoms with E-state index in [2.05, 4.69) is 5.32 Å². The summed E-state index contributed by atoms with van der Waals surface area (Å²) < 4.78 is 15.3. The second kappa shape index (κ2) is 11.2. The molecule has 0 aliphatic heterocycles. The number of amides is 1. The molecule has 3 N–H and O–H groups in total. The van der Waals surface area contributed by atoms with Crippen molar-refractivity contribution in [2.75, 3.05) is 13.2 Å². The molecular weight excluding hydrogens is 436 g/mol. The molecule has 8 nitrogen and oxygen atoms in total. The molecule has 3 rings (SSSR count). The molecule has 34 heavy (non-hydrogen) atoms. The van der Waals surface area contributed by atoms with E-state index < -0.39 is 29.9 Å². The van der Waals surface area contributed by atoms with Crippen LogP contribution in [0.15, 0.2) is 48.5 Å². The van der Waals surface area contributed by atoms with Crippen LogP contribution < -0.4 is 11.1 Å². The van der Waals surface area contributed by atoms with E-state index in [0.29, 0.717) is 19.4 Å². The molecule has 2 aromatic rings. The van der Waals surface area contributed by atoms with Crippen molar-refractivity contribution in [2.45, 2.75) is 57.6 Å². The van der Waals surface area contributed by atoms with Gasteiger partial charge in [0, 0.05) is 5.92 Å². The number of hydrogen-bond donors (Lipinski definition) is 2. The summed E-state index contributed by atoms with van der Waals surface area (Å²) in [6.45, 7) is 5.53. The first-order valence-electron chi connectivity index (χ1n) is 11.5. The minimum Gasteiger partial charge on any atom is -0.449 e. The fraction of sp³-hybridized carbons (Fsp3) is 0.423. The third kappa shape index (κ3) is 6.57. The van der Waals surface area contributed by atoms with Crippen LogP contribution in [0.3, 0.4) is 0 Å². The second-order valence-corrected chi connectivity index (χ2v) is 9.19. The summed E-state index contributed by atoms with van der Waals surface area (Å²) in [7, 11) is 0. The van der Waals surface area contributed by atoms with Gasteiger partial charge in [0.1, 0.15) is 18.2 Å². The summed E-state index contributed by atoms with van der Waals surface area (Å²) in [5.41, 5.74) is 9.13. The van der Waals surface area contributed by atoms with Crippen molar-refractivity contribution in [1.29, 1.82) is 0 Å². The van der Waals surface area contributed by atoms with E-state index in [9.17, 15) is 14.4 Å². The largest absolute Gasteiger partial charge is 0.516 e. The standard InChI is InChI=1S/C26H32N2O6/c1-26(2,3)34-25(31)33-23(29)22(14-8-9-15-27)28-24(30)32-16-21-19-12-6-4-10-17(19)18-11-5-7-13-20(18)21/h4-7,10-13,21-22H,8-9,14-16,27H2,1-3H3,(H,28,30)/t22-/m0/s1. The third-order valence-electron chi connectivity index (χ3n) is 5.44. The number of nitrogens with two attached hydrogens (primary N) is 1. The highest BCUT2D eigenvalue weighted by Crippen LogP contribution is 2.44. The normalized spacial score (nSPS) is 13.4. The lowest BCUT2D eigenvalue weighted by molar-refractivity contribution is -0.144. The van der Waals surface area contributed by atoms with Crippen LogP contribution in [-0.2, 0) is 19.0 Å². The molecule has 0 unspecified atom stereocenters. The van der Waals surface area contributed by atoms with Crippen LogP contribution in [0.4, 0.5) is 9.59 Å². The van der Waals surface area contributed by atoms with Gasteiger partial charge in [-0.1, -0.05) is 48.5 Å². The Bertz CT molecular complexity index is 984. The Kier molecular flexibility index (Phi) is 8.28. The Hall–Kier alpha value is -3.39. The van der Waals surface area contributed by atoms with E-state index in [0.717, 1.165) is 22.3 Å². The Balaban J connectivity index is 1.63. The van der Waals surface area contributed by atoms with Gasteiger partial charge in [-0.15, -0.1) is 0 Å². The SMILES string of the molecule is CC(C)(C)OC(=O)OC(=O)[C@H](CCCCN)NC(=O)OCC1c2ccccc2-c2ccccc21. The molecule has 8 heteroatoms. The van der Waals surface area contributed by atoms with Crippen LogP contribution in [0.5, 0.6) is 0 Å². The van der Waals surface area contributed by atoms with Gasteiger partial charge in [0.25, 0.3) is 0 Å². The summed E-state index contributed by atoms with van der Waals surface area (Å²) in [4.78, 5) is 37.0. The van der Waals surface area contributed by atoms with Gasteiger partial charge in [-0.2, -0.15) is 0 Å².